The van der Waals surface area contributed by atoms with Crippen molar-refractivity contribution in [2.75, 3.05) is 7.05 Å². The number of hydrogen-bond acceptors (Lipinski definition) is 2. The third-order valence-corrected chi connectivity index (χ3v) is 3.11. The predicted octanol–water partition coefficient (Wildman–Crippen LogP) is 2.97. The molecule has 1 amide bonds. The molecule has 19 heavy (non-hydrogen) atoms. The van der Waals surface area contributed by atoms with E-state index < -0.39 is 0 Å². The topological polar surface area (TPSA) is 40.5 Å². The van der Waals surface area contributed by atoms with E-state index in [-0.39, 0.29) is 11.7 Å². The molecule has 0 unspecified atom stereocenters. The van der Waals surface area contributed by atoms with Crippen LogP contribution in [-0.4, -0.2) is 23.0 Å². The number of phenols is 1. The van der Waals surface area contributed by atoms with Crippen LogP contribution in [-0.2, 0) is 6.54 Å². The third kappa shape index (κ3) is 3.13. The number of carbonyl (C=O) groups is 1. The number of aromatic hydroxyl groups is 1. The fourth-order valence-corrected chi connectivity index (χ4v) is 1.97. The molecule has 0 bridgehead atoms. The fraction of sp³-hybridized carbons (Fsp3) is 0.188. The van der Waals surface area contributed by atoms with Gasteiger partial charge in [0, 0.05) is 19.2 Å². The third-order valence-electron chi connectivity index (χ3n) is 3.11. The maximum absolute atomic E-state index is 12.2. The Morgan fingerprint density at radius 2 is 1.89 bits per heavy atom. The highest BCUT2D eigenvalue weighted by Gasteiger charge is 2.13. The van der Waals surface area contributed by atoms with E-state index >= 15 is 0 Å². The quantitative estimate of drug-likeness (QED) is 0.916. The van der Waals surface area contributed by atoms with Crippen molar-refractivity contribution in [2.24, 2.45) is 0 Å². The lowest BCUT2D eigenvalue weighted by atomic mass is 10.1. The number of phenolic OH excluding ortho intramolecular Hbond substituents is 1. The van der Waals surface area contributed by atoms with Gasteiger partial charge in [0.1, 0.15) is 5.75 Å². The van der Waals surface area contributed by atoms with Crippen molar-refractivity contribution < 1.29 is 9.90 Å². The number of carbonyl (C=O) groups excluding carboxylic acids is 1. The number of rotatable bonds is 3. The van der Waals surface area contributed by atoms with Gasteiger partial charge in [-0.05, 0) is 36.2 Å². The highest BCUT2D eigenvalue weighted by atomic mass is 16.3. The first-order valence-corrected chi connectivity index (χ1v) is 6.17. The molecule has 0 heterocycles. The second kappa shape index (κ2) is 5.57. The molecule has 0 spiro atoms. The Hall–Kier alpha value is -2.29. The van der Waals surface area contributed by atoms with Gasteiger partial charge in [0.25, 0.3) is 5.91 Å². The van der Waals surface area contributed by atoms with E-state index in [4.69, 9.17) is 0 Å². The zero-order valence-electron chi connectivity index (χ0n) is 11.1. The van der Waals surface area contributed by atoms with Crippen LogP contribution in [0.4, 0.5) is 0 Å². The number of nitrogens with zero attached hydrogens (tertiary/aromatic N) is 1. The first-order valence-electron chi connectivity index (χ1n) is 6.17. The van der Waals surface area contributed by atoms with Crippen LogP contribution in [0.5, 0.6) is 5.75 Å². The average molecular weight is 255 g/mol. The van der Waals surface area contributed by atoms with Crippen LogP contribution in [0.2, 0.25) is 0 Å². The maximum Gasteiger partial charge on any atom is 0.254 e. The van der Waals surface area contributed by atoms with Gasteiger partial charge in [-0.3, -0.25) is 4.79 Å². The van der Waals surface area contributed by atoms with Gasteiger partial charge in [0.15, 0.2) is 0 Å². The van der Waals surface area contributed by atoms with Gasteiger partial charge in [-0.2, -0.15) is 0 Å². The normalized spacial score (nSPS) is 10.2. The summed E-state index contributed by atoms with van der Waals surface area (Å²) in [5.74, 6) is 0.00861. The molecule has 0 atom stereocenters. The maximum atomic E-state index is 12.2. The van der Waals surface area contributed by atoms with Crippen molar-refractivity contribution in [2.45, 2.75) is 13.5 Å². The summed E-state index contributed by atoms with van der Waals surface area (Å²) in [6.07, 6.45) is 0. The minimum atomic E-state index is -0.0980. The van der Waals surface area contributed by atoms with Gasteiger partial charge < -0.3 is 10.0 Å². The van der Waals surface area contributed by atoms with E-state index in [0.29, 0.717) is 12.1 Å². The van der Waals surface area contributed by atoms with Crippen LogP contribution in [0.1, 0.15) is 21.5 Å². The molecule has 0 fully saturated rings. The van der Waals surface area contributed by atoms with Crippen LogP contribution in [0.25, 0.3) is 0 Å². The van der Waals surface area contributed by atoms with Crippen LogP contribution in [0.15, 0.2) is 48.5 Å². The van der Waals surface area contributed by atoms with Crippen molar-refractivity contribution in [3.63, 3.8) is 0 Å². The van der Waals surface area contributed by atoms with E-state index in [0.717, 1.165) is 11.1 Å². The second-order valence-corrected chi connectivity index (χ2v) is 4.64. The average Bonchev–Trinajstić information content (AvgIpc) is 2.40. The van der Waals surface area contributed by atoms with Gasteiger partial charge in [-0.15, -0.1) is 0 Å². The largest absolute Gasteiger partial charge is 0.508 e. The van der Waals surface area contributed by atoms with Crippen molar-refractivity contribution in [1.82, 2.24) is 4.90 Å². The Bertz CT molecular complexity index is 593. The van der Waals surface area contributed by atoms with Crippen LogP contribution in [0, 0.1) is 6.92 Å². The zero-order chi connectivity index (χ0) is 13.8. The molecular weight excluding hydrogens is 238 g/mol. The van der Waals surface area contributed by atoms with Gasteiger partial charge >= 0.3 is 0 Å². The molecule has 0 aliphatic heterocycles. The van der Waals surface area contributed by atoms with Crippen LogP contribution in [0.3, 0.4) is 0 Å². The van der Waals surface area contributed by atoms with Gasteiger partial charge in [0.05, 0.1) is 0 Å². The predicted molar refractivity (Wildman–Crippen MR) is 75.1 cm³/mol. The molecule has 0 aliphatic carbocycles. The molecule has 0 saturated heterocycles. The van der Waals surface area contributed by atoms with Crippen LogP contribution >= 0.6 is 0 Å². The summed E-state index contributed by atoms with van der Waals surface area (Å²) in [5.41, 5.74) is 2.78. The summed E-state index contributed by atoms with van der Waals surface area (Å²) in [5, 5.41) is 9.41. The Kier molecular flexibility index (Phi) is 3.85. The van der Waals surface area contributed by atoms with Gasteiger partial charge in [-0.1, -0.05) is 30.3 Å². The summed E-state index contributed by atoms with van der Waals surface area (Å²) in [6, 6.07) is 14.4. The molecule has 98 valence electrons. The van der Waals surface area contributed by atoms with Gasteiger partial charge in [-0.25, -0.2) is 0 Å². The molecule has 3 heteroatoms. The Labute approximate surface area is 113 Å². The molecule has 1 N–H and O–H groups in total. The minimum absolute atomic E-state index is 0.0980. The number of hydrogen-bond donors (Lipinski definition) is 1. The first-order chi connectivity index (χ1) is 9.08. The lowest BCUT2D eigenvalue weighted by molar-refractivity contribution is 0.0784. The summed E-state index contributed by atoms with van der Waals surface area (Å²) in [6.45, 7) is 2.59. The zero-order valence-corrected chi connectivity index (χ0v) is 11.1. The molecule has 0 aliphatic rings. The molecule has 0 saturated carbocycles. The Morgan fingerprint density at radius 3 is 2.58 bits per heavy atom. The Balaban J connectivity index is 2.14. The number of amides is 1. The second-order valence-electron chi connectivity index (χ2n) is 4.64. The van der Waals surface area contributed by atoms with Gasteiger partial charge in [0.2, 0.25) is 0 Å². The number of benzene rings is 2. The van der Waals surface area contributed by atoms with Crippen molar-refractivity contribution in [3.8, 4) is 5.75 Å². The fourth-order valence-electron chi connectivity index (χ4n) is 1.97. The van der Waals surface area contributed by atoms with E-state index in [1.165, 1.54) is 6.07 Å². The lowest BCUT2D eigenvalue weighted by Gasteiger charge is -2.18. The van der Waals surface area contributed by atoms with Crippen molar-refractivity contribution >= 4 is 5.91 Å². The molecule has 0 radical (unpaired) electrons. The number of aryl methyl sites for hydroxylation is 1. The summed E-state index contributed by atoms with van der Waals surface area (Å²) in [4.78, 5) is 13.9. The van der Waals surface area contributed by atoms with Crippen molar-refractivity contribution in [3.05, 3.63) is 65.2 Å². The van der Waals surface area contributed by atoms with E-state index in [2.05, 4.69) is 0 Å². The van der Waals surface area contributed by atoms with E-state index in [9.17, 15) is 9.90 Å². The lowest BCUT2D eigenvalue weighted by Crippen LogP contribution is -2.26. The minimum Gasteiger partial charge on any atom is -0.508 e. The summed E-state index contributed by atoms with van der Waals surface area (Å²) < 4.78 is 0. The van der Waals surface area contributed by atoms with E-state index in [1.54, 1.807) is 30.1 Å². The van der Waals surface area contributed by atoms with Crippen LogP contribution < -0.4 is 0 Å². The first kappa shape index (κ1) is 13.1. The highest BCUT2D eigenvalue weighted by Crippen LogP contribution is 2.15. The molecular formula is C16H17NO2. The monoisotopic (exact) mass is 255 g/mol. The van der Waals surface area contributed by atoms with Crippen molar-refractivity contribution in [1.29, 1.82) is 0 Å². The molecule has 2 aromatic carbocycles. The van der Waals surface area contributed by atoms with E-state index in [1.807, 2.05) is 31.2 Å². The SMILES string of the molecule is Cc1ccccc1CN(C)C(=O)c1cccc(O)c1. The standard InChI is InChI=1S/C16H17NO2/c1-12-6-3-4-7-14(12)11-17(2)16(19)13-8-5-9-15(18)10-13/h3-10,18H,11H2,1-2H3. The molecule has 3 nitrogen and oxygen atoms in total. The molecule has 0 aromatic heterocycles. The molecule has 2 rings (SSSR count). The highest BCUT2D eigenvalue weighted by molar-refractivity contribution is 5.94. The smallest absolute Gasteiger partial charge is 0.254 e. The molecule has 2 aromatic rings. The Morgan fingerprint density at radius 1 is 1.16 bits per heavy atom. The summed E-state index contributed by atoms with van der Waals surface area (Å²) >= 11 is 0. The summed E-state index contributed by atoms with van der Waals surface area (Å²) in [7, 11) is 1.76.